The Labute approximate surface area is 117 Å². The van der Waals surface area contributed by atoms with Crippen molar-refractivity contribution in [3.8, 4) is 0 Å². The monoisotopic (exact) mass is 277 g/mol. The quantitative estimate of drug-likeness (QED) is 0.882. The largest absolute Gasteiger partial charge is 0.348 e. The second-order valence-corrected chi connectivity index (χ2v) is 5.74. The Kier molecular flexibility index (Phi) is 4.17. The molecular weight excluding hydrogens is 258 g/mol. The molecule has 1 heterocycles. The van der Waals surface area contributed by atoms with E-state index in [1.807, 2.05) is 38.1 Å². The summed E-state index contributed by atoms with van der Waals surface area (Å²) in [6.45, 7) is 4.30. The first-order valence-corrected chi connectivity index (χ1v) is 7.32. The molecule has 19 heavy (non-hydrogen) atoms. The van der Waals surface area contributed by atoms with Crippen molar-refractivity contribution in [1.29, 1.82) is 0 Å². The predicted molar refractivity (Wildman–Crippen MR) is 79.0 cm³/mol. The Bertz CT molecular complexity index is 542. The SMILES string of the molecule is CCC(N)(CC)C(=O)NCc1nc2ccccc2s1. The zero-order chi connectivity index (χ0) is 13.9. The smallest absolute Gasteiger partial charge is 0.240 e. The number of nitrogens with one attached hydrogen (secondary N) is 1. The Hall–Kier alpha value is -1.46. The topological polar surface area (TPSA) is 68.0 Å². The van der Waals surface area contributed by atoms with Gasteiger partial charge in [-0.2, -0.15) is 0 Å². The summed E-state index contributed by atoms with van der Waals surface area (Å²) in [5, 5.41) is 3.79. The maximum absolute atomic E-state index is 12.1. The number of nitrogens with two attached hydrogens (primary N) is 1. The maximum atomic E-state index is 12.1. The fourth-order valence-corrected chi connectivity index (χ4v) is 2.81. The lowest BCUT2D eigenvalue weighted by molar-refractivity contribution is -0.126. The summed E-state index contributed by atoms with van der Waals surface area (Å²) in [5.74, 6) is -0.100. The molecule has 0 atom stereocenters. The average Bonchev–Trinajstić information content (AvgIpc) is 2.86. The standard InChI is InChI=1S/C14H19N3OS/c1-3-14(15,4-2)13(18)16-9-12-17-10-7-5-6-8-11(10)19-12/h5-8H,3-4,9,15H2,1-2H3,(H,16,18). The van der Waals surface area contributed by atoms with E-state index in [9.17, 15) is 4.79 Å². The number of amides is 1. The molecule has 1 aromatic carbocycles. The minimum absolute atomic E-state index is 0.100. The van der Waals surface area contributed by atoms with Gasteiger partial charge < -0.3 is 11.1 Å². The Morgan fingerprint density at radius 1 is 1.37 bits per heavy atom. The third kappa shape index (κ3) is 2.93. The highest BCUT2D eigenvalue weighted by molar-refractivity contribution is 7.18. The normalized spacial score (nSPS) is 11.7. The van der Waals surface area contributed by atoms with Crippen molar-refractivity contribution in [3.63, 3.8) is 0 Å². The number of hydrogen-bond donors (Lipinski definition) is 2. The van der Waals surface area contributed by atoms with Gasteiger partial charge in [-0.15, -0.1) is 11.3 Å². The van der Waals surface area contributed by atoms with E-state index in [1.54, 1.807) is 11.3 Å². The molecule has 1 amide bonds. The maximum Gasteiger partial charge on any atom is 0.240 e. The lowest BCUT2D eigenvalue weighted by atomic mass is 9.93. The van der Waals surface area contributed by atoms with Gasteiger partial charge in [0.25, 0.3) is 0 Å². The number of rotatable bonds is 5. The van der Waals surface area contributed by atoms with E-state index < -0.39 is 5.54 Å². The molecule has 5 heteroatoms. The molecule has 0 aliphatic rings. The number of thiazole rings is 1. The third-order valence-corrected chi connectivity index (χ3v) is 4.49. The van der Waals surface area contributed by atoms with E-state index in [2.05, 4.69) is 10.3 Å². The van der Waals surface area contributed by atoms with Crippen molar-refractivity contribution in [2.45, 2.75) is 38.8 Å². The van der Waals surface area contributed by atoms with E-state index in [0.29, 0.717) is 19.4 Å². The van der Waals surface area contributed by atoms with Crippen LogP contribution in [0, 0.1) is 0 Å². The number of nitrogens with zero attached hydrogens (tertiary/aromatic N) is 1. The van der Waals surface area contributed by atoms with Crippen LogP contribution in [-0.4, -0.2) is 16.4 Å². The fourth-order valence-electron chi connectivity index (χ4n) is 1.90. The van der Waals surface area contributed by atoms with E-state index in [0.717, 1.165) is 15.2 Å². The zero-order valence-electron chi connectivity index (χ0n) is 11.3. The molecular formula is C14H19N3OS. The zero-order valence-corrected chi connectivity index (χ0v) is 12.1. The summed E-state index contributed by atoms with van der Waals surface area (Å²) >= 11 is 1.60. The van der Waals surface area contributed by atoms with Crippen LogP contribution in [0.2, 0.25) is 0 Å². The number of hydrogen-bond acceptors (Lipinski definition) is 4. The van der Waals surface area contributed by atoms with Crippen molar-refractivity contribution >= 4 is 27.5 Å². The van der Waals surface area contributed by atoms with Crippen LogP contribution < -0.4 is 11.1 Å². The van der Waals surface area contributed by atoms with Crippen molar-refractivity contribution in [2.24, 2.45) is 5.73 Å². The van der Waals surface area contributed by atoms with Gasteiger partial charge in [-0.1, -0.05) is 26.0 Å². The summed E-state index contributed by atoms with van der Waals surface area (Å²) in [5.41, 5.74) is 6.26. The van der Waals surface area contributed by atoms with Crippen LogP contribution in [0.5, 0.6) is 0 Å². The highest BCUT2D eigenvalue weighted by Crippen LogP contribution is 2.21. The molecule has 0 unspecified atom stereocenters. The number of aromatic nitrogens is 1. The molecule has 2 aromatic rings. The summed E-state index contributed by atoms with van der Waals surface area (Å²) in [4.78, 5) is 16.5. The van der Waals surface area contributed by atoms with Gasteiger partial charge in [0, 0.05) is 0 Å². The van der Waals surface area contributed by atoms with Gasteiger partial charge in [-0.25, -0.2) is 4.98 Å². The van der Waals surface area contributed by atoms with Crippen LogP contribution in [0.4, 0.5) is 0 Å². The minimum atomic E-state index is -0.767. The fraction of sp³-hybridized carbons (Fsp3) is 0.429. The molecule has 0 fully saturated rings. The molecule has 0 aliphatic heterocycles. The van der Waals surface area contributed by atoms with Gasteiger partial charge >= 0.3 is 0 Å². The van der Waals surface area contributed by atoms with Gasteiger partial charge in [0.15, 0.2) is 0 Å². The summed E-state index contributed by atoms with van der Waals surface area (Å²) < 4.78 is 1.14. The van der Waals surface area contributed by atoms with E-state index >= 15 is 0 Å². The third-order valence-electron chi connectivity index (χ3n) is 3.45. The molecule has 0 saturated heterocycles. The first kappa shape index (κ1) is 14.0. The predicted octanol–water partition coefficient (Wildman–Crippen LogP) is 2.43. The van der Waals surface area contributed by atoms with Crippen molar-refractivity contribution in [2.75, 3.05) is 0 Å². The van der Waals surface area contributed by atoms with Crippen molar-refractivity contribution in [3.05, 3.63) is 29.3 Å². The number of carbonyl (C=O) groups excluding carboxylic acids is 1. The highest BCUT2D eigenvalue weighted by atomic mass is 32.1. The summed E-state index contributed by atoms with van der Waals surface area (Å²) in [7, 11) is 0. The molecule has 1 aromatic heterocycles. The van der Waals surface area contributed by atoms with Gasteiger partial charge in [0.1, 0.15) is 5.01 Å². The summed E-state index contributed by atoms with van der Waals surface area (Å²) in [6, 6.07) is 7.96. The second kappa shape index (κ2) is 5.67. The van der Waals surface area contributed by atoms with Gasteiger partial charge in [-0.05, 0) is 25.0 Å². The molecule has 3 N–H and O–H groups in total. The second-order valence-electron chi connectivity index (χ2n) is 4.62. The Morgan fingerprint density at radius 3 is 2.68 bits per heavy atom. The molecule has 4 nitrogen and oxygen atoms in total. The average molecular weight is 277 g/mol. The molecule has 0 aliphatic carbocycles. The first-order chi connectivity index (χ1) is 9.09. The molecule has 102 valence electrons. The number of carbonyl (C=O) groups is 1. The summed E-state index contributed by atoms with van der Waals surface area (Å²) in [6.07, 6.45) is 1.27. The van der Waals surface area contributed by atoms with Crippen LogP contribution in [0.1, 0.15) is 31.7 Å². The number of para-hydroxylation sites is 1. The van der Waals surface area contributed by atoms with Gasteiger partial charge in [0.05, 0.1) is 22.3 Å². The van der Waals surface area contributed by atoms with Crippen molar-refractivity contribution < 1.29 is 4.79 Å². The number of fused-ring (bicyclic) bond motifs is 1. The van der Waals surface area contributed by atoms with Gasteiger partial charge in [-0.3, -0.25) is 4.79 Å². The minimum Gasteiger partial charge on any atom is -0.348 e. The van der Waals surface area contributed by atoms with E-state index in [1.165, 1.54) is 0 Å². The molecule has 0 saturated carbocycles. The lowest BCUT2D eigenvalue weighted by Crippen LogP contribution is -2.52. The number of benzene rings is 1. The lowest BCUT2D eigenvalue weighted by Gasteiger charge is -2.24. The molecule has 0 bridgehead atoms. The molecule has 0 spiro atoms. The Balaban J connectivity index is 2.04. The van der Waals surface area contributed by atoms with E-state index in [-0.39, 0.29) is 5.91 Å². The van der Waals surface area contributed by atoms with Crippen LogP contribution in [-0.2, 0) is 11.3 Å². The van der Waals surface area contributed by atoms with E-state index in [4.69, 9.17) is 5.73 Å². The van der Waals surface area contributed by atoms with Crippen LogP contribution in [0.15, 0.2) is 24.3 Å². The van der Waals surface area contributed by atoms with Gasteiger partial charge in [0.2, 0.25) is 5.91 Å². The van der Waals surface area contributed by atoms with Crippen LogP contribution in [0.25, 0.3) is 10.2 Å². The molecule has 2 rings (SSSR count). The van der Waals surface area contributed by atoms with Crippen molar-refractivity contribution in [1.82, 2.24) is 10.3 Å². The van der Waals surface area contributed by atoms with Crippen LogP contribution in [0.3, 0.4) is 0 Å². The first-order valence-electron chi connectivity index (χ1n) is 6.50. The Morgan fingerprint density at radius 2 is 2.05 bits per heavy atom. The molecule has 0 radical (unpaired) electrons. The van der Waals surface area contributed by atoms with Crippen LogP contribution >= 0.6 is 11.3 Å². The highest BCUT2D eigenvalue weighted by Gasteiger charge is 2.29.